The summed E-state index contributed by atoms with van der Waals surface area (Å²) < 4.78 is 0. The first-order valence-corrected chi connectivity index (χ1v) is 7.12. The van der Waals surface area contributed by atoms with Gasteiger partial charge in [0, 0.05) is 12.6 Å². The van der Waals surface area contributed by atoms with Crippen LogP contribution < -0.4 is 11.1 Å². The molecule has 1 fully saturated rings. The quantitative estimate of drug-likeness (QED) is 0.838. The second kappa shape index (κ2) is 5.85. The van der Waals surface area contributed by atoms with Gasteiger partial charge in [0.1, 0.15) is 0 Å². The summed E-state index contributed by atoms with van der Waals surface area (Å²) in [6.45, 7) is 8.78. The zero-order valence-corrected chi connectivity index (χ0v) is 11.9. The summed E-state index contributed by atoms with van der Waals surface area (Å²) in [5.41, 5.74) is 10.1. The molecule has 100 valence electrons. The van der Waals surface area contributed by atoms with Gasteiger partial charge in [0.05, 0.1) is 0 Å². The molecule has 1 saturated carbocycles. The van der Waals surface area contributed by atoms with E-state index in [4.69, 9.17) is 5.73 Å². The number of nitrogens with two attached hydrogens (primary N) is 1. The van der Waals surface area contributed by atoms with E-state index in [9.17, 15) is 0 Å². The van der Waals surface area contributed by atoms with Gasteiger partial charge < -0.3 is 11.1 Å². The molecule has 1 aliphatic carbocycles. The van der Waals surface area contributed by atoms with Crippen LogP contribution in [-0.4, -0.2) is 12.6 Å². The maximum Gasteiger partial charge on any atom is 0.0208 e. The highest BCUT2D eigenvalue weighted by atomic mass is 14.9. The first-order chi connectivity index (χ1) is 8.56. The molecule has 0 spiro atoms. The number of benzene rings is 1. The molecule has 0 atom stereocenters. The van der Waals surface area contributed by atoms with Crippen LogP contribution in [0.2, 0.25) is 0 Å². The minimum atomic E-state index is 0.461. The topological polar surface area (TPSA) is 38.0 Å². The fourth-order valence-corrected chi connectivity index (χ4v) is 2.61. The molecular weight excluding hydrogens is 220 g/mol. The second-order valence-electron chi connectivity index (χ2n) is 6.07. The number of nitrogens with one attached hydrogen (secondary N) is 1. The van der Waals surface area contributed by atoms with E-state index in [0.29, 0.717) is 12.0 Å². The molecule has 18 heavy (non-hydrogen) atoms. The van der Waals surface area contributed by atoms with Gasteiger partial charge in [-0.2, -0.15) is 0 Å². The van der Waals surface area contributed by atoms with Crippen molar-refractivity contribution in [1.82, 2.24) is 5.32 Å². The summed E-state index contributed by atoms with van der Waals surface area (Å²) in [5.74, 6) is 1.41. The molecule has 0 heterocycles. The van der Waals surface area contributed by atoms with Gasteiger partial charge in [0.15, 0.2) is 0 Å². The monoisotopic (exact) mass is 246 g/mol. The first kappa shape index (κ1) is 13.6. The Morgan fingerprint density at radius 1 is 1.33 bits per heavy atom. The highest BCUT2D eigenvalue weighted by molar-refractivity contribution is 5.32. The van der Waals surface area contributed by atoms with Gasteiger partial charge in [0.25, 0.3) is 0 Å². The molecule has 0 aliphatic heterocycles. The average Bonchev–Trinajstić information content (AvgIpc) is 2.28. The van der Waals surface area contributed by atoms with E-state index in [1.165, 1.54) is 29.5 Å². The van der Waals surface area contributed by atoms with Crippen molar-refractivity contribution < 1.29 is 0 Å². The molecule has 0 bridgehead atoms. The molecule has 0 saturated heterocycles. The largest absolute Gasteiger partial charge is 0.328 e. The van der Waals surface area contributed by atoms with E-state index in [1.54, 1.807) is 0 Å². The maximum absolute atomic E-state index is 5.80. The minimum absolute atomic E-state index is 0.461. The van der Waals surface area contributed by atoms with Crippen molar-refractivity contribution in [2.75, 3.05) is 6.54 Å². The Morgan fingerprint density at radius 2 is 2.06 bits per heavy atom. The fraction of sp³-hybridized carbons (Fsp3) is 0.625. The standard InChI is InChI=1S/C16H26N2/c1-11(2)14-5-4-12(3)15(8-14)10-18-9-13-6-16(17)7-13/h4-5,8,11,13,16,18H,6-7,9-10,17H2,1-3H3. The SMILES string of the molecule is Cc1ccc(C(C)C)cc1CNCC1CC(N)C1. The van der Waals surface area contributed by atoms with E-state index in [-0.39, 0.29) is 0 Å². The van der Waals surface area contributed by atoms with Crippen LogP contribution in [0.4, 0.5) is 0 Å². The van der Waals surface area contributed by atoms with Crippen LogP contribution >= 0.6 is 0 Å². The lowest BCUT2D eigenvalue weighted by Gasteiger charge is -2.32. The third kappa shape index (κ3) is 3.33. The number of rotatable bonds is 5. The normalized spacial score (nSPS) is 23.2. The van der Waals surface area contributed by atoms with Crippen molar-refractivity contribution in [3.05, 3.63) is 34.9 Å². The second-order valence-corrected chi connectivity index (χ2v) is 6.07. The smallest absolute Gasteiger partial charge is 0.0208 e. The van der Waals surface area contributed by atoms with Crippen LogP contribution in [0.5, 0.6) is 0 Å². The Labute approximate surface area is 111 Å². The number of hydrogen-bond donors (Lipinski definition) is 2. The van der Waals surface area contributed by atoms with Crippen LogP contribution in [0, 0.1) is 12.8 Å². The van der Waals surface area contributed by atoms with E-state index >= 15 is 0 Å². The number of hydrogen-bond acceptors (Lipinski definition) is 2. The van der Waals surface area contributed by atoms with Crippen molar-refractivity contribution in [2.24, 2.45) is 11.7 Å². The lowest BCUT2D eigenvalue weighted by molar-refractivity contribution is 0.256. The fourth-order valence-electron chi connectivity index (χ4n) is 2.61. The molecular formula is C16H26N2. The molecule has 2 heteroatoms. The predicted molar refractivity (Wildman–Crippen MR) is 77.7 cm³/mol. The summed E-state index contributed by atoms with van der Waals surface area (Å²) in [5, 5.41) is 3.58. The molecule has 0 unspecified atom stereocenters. The number of aryl methyl sites for hydroxylation is 1. The Hall–Kier alpha value is -0.860. The zero-order valence-electron chi connectivity index (χ0n) is 11.9. The van der Waals surface area contributed by atoms with E-state index in [1.807, 2.05) is 0 Å². The molecule has 2 rings (SSSR count). The molecule has 2 nitrogen and oxygen atoms in total. The minimum Gasteiger partial charge on any atom is -0.328 e. The van der Waals surface area contributed by atoms with Gasteiger partial charge in [-0.3, -0.25) is 0 Å². The Bertz CT molecular complexity index is 392. The Balaban J connectivity index is 1.86. The van der Waals surface area contributed by atoms with Crippen molar-refractivity contribution in [3.8, 4) is 0 Å². The molecule has 3 N–H and O–H groups in total. The summed E-state index contributed by atoms with van der Waals surface area (Å²) >= 11 is 0. The van der Waals surface area contributed by atoms with Gasteiger partial charge >= 0.3 is 0 Å². The van der Waals surface area contributed by atoms with Crippen LogP contribution in [-0.2, 0) is 6.54 Å². The van der Waals surface area contributed by atoms with Crippen molar-refractivity contribution in [1.29, 1.82) is 0 Å². The first-order valence-electron chi connectivity index (χ1n) is 7.12. The van der Waals surface area contributed by atoms with Crippen LogP contribution in [0.25, 0.3) is 0 Å². The lowest BCUT2D eigenvalue weighted by Crippen LogP contribution is -2.41. The van der Waals surface area contributed by atoms with Crippen molar-refractivity contribution in [2.45, 2.75) is 52.1 Å². The highest BCUT2D eigenvalue weighted by Gasteiger charge is 2.24. The van der Waals surface area contributed by atoms with Gasteiger partial charge in [-0.05, 0) is 54.8 Å². The summed E-state index contributed by atoms with van der Waals surface area (Å²) in [6, 6.07) is 7.29. The van der Waals surface area contributed by atoms with Crippen LogP contribution in [0.1, 0.15) is 49.3 Å². The van der Waals surface area contributed by atoms with Crippen molar-refractivity contribution >= 4 is 0 Å². The van der Waals surface area contributed by atoms with E-state index in [2.05, 4.69) is 44.3 Å². The molecule has 1 aromatic rings. The van der Waals surface area contributed by atoms with Gasteiger partial charge in [-0.25, -0.2) is 0 Å². The van der Waals surface area contributed by atoms with E-state index < -0.39 is 0 Å². The molecule has 0 radical (unpaired) electrons. The van der Waals surface area contributed by atoms with Gasteiger partial charge in [-0.1, -0.05) is 32.0 Å². The third-order valence-electron chi connectivity index (χ3n) is 4.06. The summed E-state index contributed by atoms with van der Waals surface area (Å²) in [7, 11) is 0. The Morgan fingerprint density at radius 3 is 2.67 bits per heavy atom. The maximum atomic E-state index is 5.80. The van der Waals surface area contributed by atoms with Crippen molar-refractivity contribution in [3.63, 3.8) is 0 Å². The summed E-state index contributed by atoms with van der Waals surface area (Å²) in [6.07, 6.45) is 2.38. The van der Waals surface area contributed by atoms with E-state index in [0.717, 1.165) is 19.0 Å². The predicted octanol–water partition coefficient (Wildman–Crippen LogP) is 2.95. The molecule has 0 amide bonds. The Kier molecular flexibility index (Phi) is 4.41. The van der Waals surface area contributed by atoms with Gasteiger partial charge in [-0.15, -0.1) is 0 Å². The van der Waals surface area contributed by atoms with Crippen LogP contribution in [0.3, 0.4) is 0 Å². The highest BCUT2D eigenvalue weighted by Crippen LogP contribution is 2.24. The lowest BCUT2D eigenvalue weighted by atomic mass is 9.81. The van der Waals surface area contributed by atoms with Gasteiger partial charge in [0.2, 0.25) is 0 Å². The summed E-state index contributed by atoms with van der Waals surface area (Å²) in [4.78, 5) is 0. The third-order valence-corrected chi connectivity index (χ3v) is 4.06. The zero-order chi connectivity index (χ0) is 13.1. The molecule has 1 aliphatic rings. The molecule has 0 aromatic heterocycles. The molecule has 1 aromatic carbocycles. The van der Waals surface area contributed by atoms with Crippen LogP contribution in [0.15, 0.2) is 18.2 Å². The average molecular weight is 246 g/mol.